The Morgan fingerprint density at radius 3 is 1.97 bits per heavy atom. The van der Waals surface area contributed by atoms with Crippen molar-refractivity contribution in [2.45, 2.75) is 82.5 Å². The number of hydrogen-bond acceptors (Lipinski definition) is 10. The Balaban J connectivity index is 1.61. The fraction of sp³-hybridized carbons (Fsp3) is 0.395. The van der Waals surface area contributed by atoms with Crippen LogP contribution in [0.5, 0.6) is 0 Å². The normalized spacial score (nSPS) is 18.6. The number of H-pyrrole nitrogens is 1. The van der Waals surface area contributed by atoms with Gasteiger partial charge in [0, 0.05) is 25.4 Å². The van der Waals surface area contributed by atoms with Crippen LogP contribution in [0.4, 0.5) is 13.2 Å². The van der Waals surface area contributed by atoms with E-state index in [1.807, 2.05) is 123 Å². The summed E-state index contributed by atoms with van der Waals surface area (Å²) in [7, 11) is -0.493. The van der Waals surface area contributed by atoms with Crippen molar-refractivity contribution in [2.24, 2.45) is 0 Å². The van der Waals surface area contributed by atoms with E-state index in [0.717, 1.165) is 27.5 Å². The van der Waals surface area contributed by atoms with Gasteiger partial charge in [0.1, 0.15) is 29.5 Å². The highest BCUT2D eigenvalue weighted by atomic mass is 31.2. The van der Waals surface area contributed by atoms with Gasteiger partial charge in [-0.15, -0.1) is 0 Å². The molecule has 0 spiro atoms. The van der Waals surface area contributed by atoms with E-state index in [-0.39, 0.29) is 37.3 Å². The van der Waals surface area contributed by atoms with Gasteiger partial charge in [0.25, 0.3) is 14.1 Å². The number of alkyl halides is 3. The predicted molar refractivity (Wildman–Crippen MR) is 217 cm³/mol. The molecule has 318 valence electrons. The first kappa shape index (κ1) is 45.9. The zero-order valence-electron chi connectivity index (χ0n) is 33.7. The first-order valence-corrected chi connectivity index (χ1v) is 20.3. The van der Waals surface area contributed by atoms with E-state index >= 15 is 0 Å². The summed E-state index contributed by atoms with van der Waals surface area (Å²) in [4.78, 5) is 39.9. The Hall–Kier alpha value is -5.16. The first-order valence-electron chi connectivity index (χ1n) is 19.2. The number of nitrogens with one attached hydrogen (secondary N) is 2. The topological polar surface area (TPSA) is 157 Å². The zero-order chi connectivity index (χ0) is 43.5. The Labute approximate surface area is 347 Å². The molecule has 4 aromatic rings. The molecule has 1 aromatic heterocycles. The number of aromatic amines is 1. The molecule has 0 bridgehead atoms. The molecule has 0 saturated carbocycles. The van der Waals surface area contributed by atoms with Gasteiger partial charge in [-0.2, -0.15) is 18.4 Å². The quantitative estimate of drug-likeness (QED) is 0.0547. The first-order chi connectivity index (χ1) is 28.7. The van der Waals surface area contributed by atoms with Crippen molar-refractivity contribution < 1.29 is 41.2 Å². The number of nitrogens with zero attached hydrogens (tertiary/aromatic N) is 3. The van der Waals surface area contributed by atoms with Crippen LogP contribution in [-0.4, -0.2) is 83.6 Å². The molecule has 0 radical (unpaired) electrons. The Morgan fingerprint density at radius 1 is 0.933 bits per heavy atom. The fourth-order valence-corrected chi connectivity index (χ4v) is 8.71. The molecule has 2 N–H and O–H groups in total. The second kappa shape index (κ2) is 20.9. The molecule has 1 aliphatic rings. The van der Waals surface area contributed by atoms with Gasteiger partial charge in [0.15, 0.2) is 6.23 Å². The number of benzene rings is 3. The number of carbonyl (C=O) groups excluding carboxylic acids is 1. The van der Waals surface area contributed by atoms with Gasteiger partial charge in [-0.25, -0.2) is 9.46 Å². The largest absolute Gasteiger partial charge is 0.471 e. The number of aromatic nitrogens is 2. The maximum Gasteiger partial charge on any atom is 0.471 e. The Bertz CT molecular complexity index is 2140. The third-order valence-corrected chi connectivity index (χ3v) is 11.6. The number of amides is 1. The van der Waals surface area contributed by atoms with Gasteiger partial charge in [-0.1, -0.05) is 103 Å². The molecule has 2 heterocycles. The summed E-state index contributed by atoms with van der Waals surface area (Å²) in [5.41, 5.74) is -0.841. The number of ether oxygens (including phenoxy) is 3. The van der Waals surface area contributed by atoms with E-state index < -0.39 is 68.5 Å². The lowest BCUT2D eigenvalue weighted by Crippen LogP contribution is -2.43. The molecule has 60 heavy (non-hydrogen) atoms. The highest BCUT2D eigenvalue weighted by Gasteiger charge is 2.51. The standard InChI is InChI=1S/C43H47F3N5O8P/c1-29(2)51(30(3)4)60(57-26-16-24-47)59-36-35(28-56-42(32-18-9-6-10-19-32,33-20-11-7-12-21-33)34-22-13-8-14-23-34)58-39(37(36)55-5)50-27-31(38(52)49-41(50)54)17-15-25-48-40(53)43(44,45)46/h6-14,18-23,27,29-30,35-37,39H,16,25-26,28H2,1-5H3,(H,48,53)(H,49,52,54). The maximum atomic E-state index is 13.5. The van der Waals surface area contributed by atoms with Crippen molar-refractivity contribution in [3.8, 4) is 17.9 Å². The lowest BCUT2D eigenvalue weighted by atomic mass is 9.80. The Kier molecular flexibility index (Phi) is 16.0. The molecule has 3 aromatic carbocycles. The van der Waals surface area contributed by atoms with Crippen molar-refractivity contribution >= 4 is 14.4 Å². The van der Waals surface area contributed by atoms with Crippen LogP contribution in [0.15, 0.2) is 107 Å². The van der Waals surface area contributed by atoms with Gasteiger partial charge in [0.05, 0.1) is 32.2 Å². The molecule has 0 aliphatic carbocycles. The van der Waals surface area contributed by atoms with Crippen LogP contribution in [0.25, 0.3) is 0 Å². The highest BCUT2D eigenvalue weighted by molar-refractivity contribution is 7.44. The van der Waals surface area contributed by atoms with Gasteiger partial charge in [-0.3, -0.25) is 19.1 Å². The van der Waals surface area contributed by atoms with E-state index in [9.17, 15) is 32.8 Å². The summed E-state index contributed by atoms with van der Waals surface area (Å²) in [6, 6.07) is 31.0. The van der Waals surface area contributed by atoms with Crippen LogP contribution in [0, 0.1) is 23.2 Å². The third-order valence-electron chi connectivity index (χ3n) is 9.50. The van der Waals surface area contributed by atoms with Crippen LogP contribution in [0.1, 0.15) is 62.6 Å². The van der Waals surface area contributed by atoms with E-state index in [2.05, 4.69) is 22.9 Å². The van der Waals surface area contributed by atoms with Gasteiger partial charge in [0.2, 0.25) is 0 Å². The summed E-state index contributed by atoms with van der Waals surface area (Å²) >= 11 is 0. The molecular weight excluding hydrogens is 802 g/mol. The molecule has 17 heteroatoms. The van der Waals surface area contributed by atoms with Crippen molar-refractivity contribution in [1.82, 2.24) is 19.5 Å². The predicted octanol–water partition coefficient (Wildman–Crippen LogP) is 6.15. The third kappa shape index (κ3) is 10.8. The lowest BCUT2D eigenvalue weighted by molar-refractivity contribution is -0.173. The molecule has 5 unspecified atom stereocenters. The summed E-state index contributed by atoms with van der Waals surface area (Å²) in [5, 5.41) is 11.0. The van der Waals surface area contributed by atoms with Crippen LogP contribution in [0.3, 0.4) is 0 Å². The minimum Gasteiger partial charge on any atom is -0.374 e. The van der Waals surface area contributed by atoms with E-state index in [1.165, 1.54) is 7.11 Å². The zero-order valence-corrected chi connectivity index (χ0v) is 34.6. The SMILES string of the molecule is COC1C(OP(OCCC#N)N(C(C)C)C(C)C)C(COC(c2ccccc2)(c2ccccc2)c2ccccc2)OC1n1cc(C#CCNC(=O)C(F)(F)F)c(=O)[nH]c1=O. The minimum absolute atomic E-state index is 0.0674. The number of methoxy groups -OCH3 is 1. The number of rotatable bonds is 17. The summed E-state index contributed by atoms with van der Waals surface area (Å²) < 4.78 is 74.3. The number of carbonyl (C=O) groups is 1. The smallest absolute Gasteiger partial charge is 0.374 e. The Morgan fingerprint density at radius 2 is 1.48 bits per heavy atom. The summed E-state index contributed by atoms with van der Waals surface area (Å²) in [6.07, 6.45) is -8.22. The summed E-state index contributed by atoms with van der Waals surface area (Å²) in [6.45, 7) is 7.14. The molecule has 5 rings (SSSR count). The van der Waals surface area contributed by atoms with Crippen LogP contribution < -0.4 is 16.6 Å². The second-order valence-corrected chi connectivity index (χ2v) is 15.6. The minimum atomic E-state index is -5.12. The molecule has 1 saturated heterocycles. The molecule has 1 amide bonds. The van der Waals surface area contributed by atoms with E-state index in [4.69, 9.17) is 23.3 Å². The maximum absolute atomic E-state index is 13.5. The average Bonchev–Trinajstić information content (AvgIpc) is 3.57. The number of halogens is 3. The van der Waals surface area contributed by atoms with Gasteiger partial charge in [-0.05, 0) is 44.4 Å². The lowest BCUT2D eigenvalue weighted by Gasteiger charge is -2.39. The molecule has 13 nitrogen and oxygen atoms in total. The fourth-order valence-electron chi connectivity index (χ4n) is 6.95. The van der Waals surface area contributed by atoms with Gasteiger partial charge >= 0.3 is 17.8 Å². The van der Waals surface area contributed by atoms with Crippen LogP contribution >= 0.6 is 8.53 Å². The molecule has 1 fully saturated rings. The van der Waals surface area contributed by atoms with Crippen LogP contribution in [0.2, 0.25) is 0 Å². The molecule has 1 aliphatic heterocycles. The number of hydrogen-bond donors (Lipinski definition) is 2. The van der Waals surface area contributed by atoms with Gasteiger partial charge < -0.3 is 28.6 Å². The van der Waals surface area contributed by atoms with E-state index in [0.29, 0.717) is 0 Å². The summed E-state index contributed by atoms with van der Waals surface area (Å²) in [5.74, 6) is 2.55. The monoisotopic (exact) mass is 849 g/mol. The second-order valence-electron chi connectivity index (χ2n) is 14.2. The molecular formula is C43H47F3N5O8P. The van der Waals surface area contributed by atoms with Crippen molar-refractivity contribution in [1.29, 1.82) is 5.26 Å². The van der Waals surface area contributed by atoms with Crippen molar-refractivity contribution in [2.75, 3.05) is 26.9 Å². The number of nitriles is 1. The highest BCUT2D eigenvalue weighted by Crippen LogP contribution is 2.51. The van der Waals surface area contributed by atoms with E-state index in [1.54, 1.807) is 5.32 Å². The average molecular weight is 850 g/mol. The van der Waals surface area contributed by atoms with Crippen molar-refractivity contribution in [3.05, 3.63) is 140 Å². The molecule has 5 atom stereocenters. The van der Waals surface area contributed by atoms with Crippen LogP contribution in [-0.2, 0) is 33.7 Å². The van der Waals surface area contributed by atoms with Crippen molar-refractivity contribution in [3.63, 3.8) is 0 Å².